The maximum atomic E-state index is 14.3. The summed E-state index contributed by atoms with van der Waals surface area (Å²) in [5.74, 6) is -13.2. The second-order valence-corrected chi connectivity index (χ2v) is 28.3. The summed E-state index contributed by atoms with van der Waals surface area (Å²) in [4.78, 5) is 81.8. The number of hydrogen-bond donors (Lipinski definition) is 13. The van der Waals surface area contributed by atoms with Crippen LogP contribution in [0.3, 0.4) is 0 Å². The summed E-state index contributed by atoms with van der Waals surface area (Å²) in [5.41, 5.74) is -0.322. The number of alkyl carbamates (subject to hydrolysis) is 1. The fraction of sp³-hybridized carbons (Fsp3) is 0.716. The number of ketones is 2. The number of nitrogens with one attached hydrogen (secondary N) is 2. The molecule has 4 fully saturated rings. The highest BCUT2D eigenvalue weighted by atomic mass is 16.7. The third-order valence-corrected chi connectivity index (χ3v) is 21.3. The Kier molecular flexibility index (Phi) is 23.7. The minimum absolute atomic E-state index is 0.0208. The average molecular weight is 1340 g/mol. The van der Waals surface area contributed by atoms with Gasteiger partial charge in [0, 0.05) is 61.7 Å². The van der Waals surface area contributed by atoms with Crippen LogP contribution < -0.4 is 22.1 Å². The van der Waals surface area contributed by atoms with Gasteiger partial charge in [0.2, 0.25) is 5.78 Å². The minimum atomic E-state index is -2.80. The van der Waals surface area contributed by atoms with E-state index in [4.69, 9.17) is 44.6 Å². The maximum absolute atomic E-state index is 14.3. The van der Waals surface area contributed by atoms with E-state index in [9.17, 15) is 74.7 Å². The summed E-state index contributed by atoms with van der Waals surface area (Å²) >= 11 is 0. The molecule has 0 radical (unpaired) electrons. The summed E-state index contributed by atoms with van der Waals surface area (Å²) in [6.45, 7) is 25.2. The van der Waals surface area contributed by atoms with Gasteiger partial charge < -0.3 is 101 Å². The summed E-state index contributed by atoms with van der Waals surface area (Å²) in [5, 5.41) is 109. The lowest BCUT2D eigenvalue weighted by Gasteiger charge is -2.51. The highest BCUT2D eigenvalue weighted by Gasteiger charge is 2.66. The molecule has 15 N–H and O–H groups in total. The number of hydrogen-bond acceptors (Lipinski definition) is 24. The molecule has 4 heterocycles. The third-order valence-electron chi connectivity index (χ3n) is 21.3. The zero-order valence-corrected chi connectivity index (χ0v) is 57.1. The van der Waals surface area contributed by atoms with E-state index < -0.39 is 183 Å². The number of methoxy groups -OCH3 is 1. The number of primary amides is 1. The van der Waals surface area contributed by atoms with E-state index in [0.717, 1.165) is 11.0 Å². The molecule has 2 aromatic rings. The molecule has 24 atom stereocenters. The maximum Gasteiger partial charge on any atom is 0.407 e. The van der Waals surface area contributed by atoms with E-state index in [1.807, 2.05) is 41.5 Å². The Morgan fingerprint density at radius 1 is 0.832 bits per heavy atom. The van der Waals surface area contributed by atoms with Gasteiger partial charge in [0.05, 0.1) is 58.9 Å². The van der Waals surface area contributed by atoms with Crippen molar-refractivity contribution in [1.29, 1.82) is 0 Å². The fourth-order valence-corrected chi connectivity index (χ4v) is 15.2. The Labute approximate surface area is 554 Å². The van der Waals surface area contributed by atoms with Crippen LogP contribution in [-0.2, 0) is 57.9 Å². The van der Waals surface area contributed by atoms with Gasteiger partial charge in [-0.15, -0.1) is 0 Å². The van der Waals surface area contributed by atoms with Gasteiger partial charge in [-0.05, 0) is 129 Å². The first-order valence-electron chi connectivity index (χ1n) is 32.9. The standard InChI is InChI=1S/C42H78N2O13.C25H24N4O9/c1-14-30-42(12,50)34(46)26(6)25(5)23(3)20-40(10,49)35(56-38-32(45)22(2)19-24(4)52-38)27(7)33(28(8)37(47)54-30)55-31-21-41(11,51-13)36(29(9)53-31)57-39(48)44-18-16-15-17-43;1-9-11-7-12-15(20(33)25(11,38)21(34)16(17(9)30)22(26)35)19(32)14-10(24(12,2)37)3-4-13(18(14)31)28-23(36)29-6-5-27-8-29/h22-36,38,45-46,49-50H,14-21,43H2,1-13H3,(H,44,48);3-6,8-9,11-12,31-32,34,37-38H,7H2,1-2H3,(H2,26,35)(H,28,36)/t22?,23-,24?,25+,26+,27+,28-,29?,30-,31?,32?,33+,34-,35-,36?,38?,40-,41?,42-;9-,11-,12-,24+,25-/m10/s1. The molecular weight excluding hydrogens is 1240 g/mol. The smallest absolute Gasteiger partial charge is 0.407 e. The van der Waals surface area contributed by atoms with Crippen molar-refractivity contribution in [2.75, 3.05) is 25.5 Å². The van der Waals surface area contributed by atoms with Gasteiger partial charge >= 0.3 is 18.1 Å². The quantitative estimate of drug-likeness (QED) is 0.0562. The summed E-state index contributed by atoms with van der Waals surface area (Å²) in [6, 6.07) is 1.96. The van der Waals surface area contributed by atoms with Crippen molar-refractivity contribution in [2.24, 2.45) is 64.7 Å². The predicted octanol–water partition coefficient (Wildman–Crippen LogP) is 4.64. The zero-order valence-electron chi connectivity index (χ0n) is 57.1. The number of cyclic esters (lactones) is 1. The lowest BCUT2D eigenvalue weighted by molar-refractivity contribution is -0.318. The molecule has 1 saturated carbocycles. The molecule has 28 nitrogen and oxygen atoms in total. The Hall–Kier alpha value is -6.15. The summed E-state index contributed by atoms with van der Waals surface area (Å²) < 4.78 is 45.0. The molecule has 3 amide bonds. The van der Waals surface area contributed by atoms with Crippen molar-refractivity contribution in [3.8, 4) is 5.75 Å². The second-order valence-electron chi connectivity index (χ2n) is 28.3. The molecular formula is C67H102N6O22. The summed E-state index contributed by atoms with van der Waals surface area (Å²) in [7, 11) is 1.52. The zero-order chi connectivity index (χ0) is 71.1. The van der Waals surface area contributed by atoms with Gasteiger partial charge in [0.25, 0.3) is 5.91 Å². The van der Waals surface area contributed by atoms with Crippen LogP contribution in [0.2, 0.25) is 0 Å². The van der Waals surface area contributed by atoms with Gasteiger partial charge in [0.15, 0.2) is 30.1 Å². The number of aliphatic hydroxyl groups excluding tert-OH is 4. The SMILES string of the molecule is CC[C@H]1OC(=O)[C@H](C)[C@@H](OC2CC(C)(OC)C(OC(=O)NCCCCN)C(C)O2)[C@H](C)[C@@H](OC2OC(C)CC(C)C2O)[C@](C)(O)C[C@@H](C)[C@H](C)[C@H](C)[C@@H](O)[C@]1(C)O.C[C@@H]1C(=O)C(C(N)=O)=C(O)[C@@]2(O)C(=O)C3=C(O)c4c(ccc(NC(=O)n5ccnc5)c4O)[C@@](C)(O)[C@H]3C[C@@H]12. The highest BCUT2D eigenvalue weighted by molar-refractivity contribution is 6.23. The van der Waals surface area contributed by atoms with Crippen LogP contribution in [0.4, 0.5) is 15.3 Å². The van der Waals surface area contributed by atoms with Crippen LogP contribution in [0, 0.1) is 53.3 Å². The van der Waals surface area contributed by atoms with Crippen LogP contribution >= 0.6 is 0 Å². The van der Waals surface area contributed by atoms with Crippen LogP contribution in [0.25, 0.3) is 5.76 Å². The second kappa shape index (κ2) is 29.5. The number of nitrogens with zero attached hydrogens (tertiary/aromatic N) is 2. The number of imidazole rings is 1. The van der Waals surface area contributed by atoms with E-state index in [-0.39, 0.29) is 66.4 Å². The molecule has 0 spiro atoms. The van der Waals surface area contributed by atoms with Gasteiger partial charge in [-0.3, -0.25) is 23.7 Å². The molecule has 28 heteroatoms. The minimum Gasteiger partial charge on any atom is -0.508 e. The number of phenolic OH excluding ortho intramolecular Hbond substituents is 1. The summed E-state index contributed by atoms with van der Waals surface area (Å²) in [6.07, 6.45) is -3.59. The lowest BCUT2D eigenvalue weighted by atomic mass is 9.53. The van der Waals surface area contributed by atoms with Crippen molar-refractivity contribution >= 4 is 47.0 Å². The molecule has 95 heavy (non-hydrogen) atoms. The van der Waals surface area contributed by atoms with E-state index in [1.165, 1.54) is 58.7 Å². The molecule has 3 aliphatic carbocycles. The molecule has 6 aliphatic rings. The Morgan fingerprint density at radius 3 is 2.09 bits per heavy atom. The Balaban J connectivity index is 0.000000289. The molecule has 8 unspecified atom stereocenters. The van der Waals surface area contributed by atoms with Crippen molar-refractivity contribution in [1.82, 2.24) is 14.9 Å². The van der Waals surface area contributed by atoms with Crippen LogP contribution in [0.5, 0.6) is 5.75 Å². The number of carbonyl (C=O) groups excluding carboxylic acids is 6. The number of aliphatic hydroxyl groups is 8. The number of Topliss-reactive ketones (excluding diaryl/α,β-unsaturated/α-hetero) is 2. The number of aromatic hydroxyl groups is 1. The van der Waals surface area contributed by atoms with Gasteiger partial charge in [-0.25, -0.2) is 14.6 Å². The number of aromatic nitrogens is 2. The molecule has 532 valence electrons. The number of nitrogens with two attached hydrogens (primary N) is 2. The van der Waals surface area contributed by atoms with E-state index in [0.29, 0.717) is 25.9 Å². The molecule has 3 saturated heterocycles. The third kappa shape index (κ3) is 14.8. The number of anilines is 1. The van der Waals surface area contributed by atoms with Crippen molar-refractivity contribution in [3.05, 3.63) is 58.9 Å². The highest BCUT2D eigenvalue weighted by Crippen LogP contribution is 2.59. The number of benzene rings is 1. The number of fused-ring (bicyclic) bond motifs is 3. The van der Waals surface area contributed by atoms with E-state index in [2.05, 4.69) is 15.6 Å². The topological polar surface area (TPSA) is 443 Å². The van der Waals surface area contributed by atoms with Gasteiger partial charge in [-0.2, -0.15) is 0 Å². The first-order chi connectivity index (χ1) is 44.2. The van der Waals surface area contributed by atoms with Crippen molar-refractivity contribution in [3.63, 3.8) is 0 Å². The number of carbonyl (C=O) groups is 6. The van der Waals surface area contributed by atoms with Crippen molar-refractivity contribution in [2.45, 2.75) is 231 Å². The Bertz CT molecular complexity index is 3190. The van der Waals surface area contributed by atoms with Gasteiger partial charge in [0.1, 0.15) is 52.6 Å². The van der Waals surface area contributed by atoms with Crippen molar-refractivity contribution < 1.29 is 108 Å². The fourth-order valence-electron chi connectivity index (χ4n) is 15.2. The number of unbranched alkanes of at least 4 members (excludes halogenated alkanes) is 1. The monoisotopic (exact) mass is 1340 g/mol. The average Bonchev–Trinajstić information content (AvgIpc) is 0.721. The molecule has 3 aliphatic heterocycles. The number of esters is 1. The number of amides is 3. The first-order valence-corrected chi connectivity index (χ1v) is 32.9. The number of rotatable bonds is 13. The van der Waals surface area contributed by atoms with Gasteiger partial charge in [-0.1, -0.05) is 54.5 Å². The lowest BCUT2D eigenvalue weighted by Crippen LogP contribution is -2.62. The van der Waals surface area contributed by atoms with Crippen LogP contribution in [0.1, 0.15) is 153 Å². The number of phenols is 1. The van der Waals surface area contributed by atoms with Crippen LogP contribution in [-0.4, -0.2) is 195 Å². The molecule has 8 rings (SSSR count). The molecule has 1 aromatic carbocycles. The largest absolute Gasteiger partial charge is 0.508 e. The van der Waals surface area contributed by atoms with E-state index in [1.54, 1.807) is 34.6 Å². The number of ether oxygens (including phenoxy) is 7. The normalized spacial score (nSPS) is 40.2. The van der Waals surface area contributed by atoms with Crippen LogP contribution in [0.15, 0.2) is 47.8 Å². The Morgan fingerprint density at radius 2 is 1.49 bits per heavy atom. The first kappa shape index (κ1) is 76.2. The molecule has 1 aromatic heterocycles. The van der Waals surface area contributed by atoms with E-state index >= 15 is 0 Å². The predicted molar refractivity (Wildman–Crippen MR) is 341 cm³/mol. The molecule has 0 bridgehead atoms.